The Balaban J connectivity index is 1.72. The molecule has 0 fully saturated rings. The number of thioether (sulfide) groups is 1. The van der Waals surface area contributed by atoms with E-state index in [0.29, 0.717) is 0 Å². The van der Waals surface area contributed by atoms with E-state index in [0.717, 1.165) is 53.8 Å². The van der Waals surface area contributed by atoms with Crippen LogP contribution in [-0.4, -0.2) is 13.2 Å². The predicted octanol–water partition coefficient (Wildman–Crippen LogP) is 11.9. The summed E-state index contributed by atoms with van der Waals surface area (Å²) in [5.41, 5.74) is 3.47. The molecule has 0 saturated carbocycles. The Morgan fingerprint density at radius 3 is 1.76 bits per heavy atom. The highest BCUT2D eigenvalue weighted by atomic mass is 32.2. The molecule has 222 valence electrons. The van der Waals surface area contributed by atoms with Gasteiger partial charge in [0.15, 0.2) is 0 Å². The van der Waals surface area contributed by atoms with Crippen LogP contribution in [-0.2, 0) is 5.75 Å². The van der Waals surface area contributed by atoms with Crippen molar-refractivity contribution in [3.63, 3.8) is 0 Å². The minimum absolute atomic E-state index is 0.755. The number of hydrogen-bond acceptors (Lipinski definition) is 4. The van der Waals surface area contributed by atoms with E-state index in [1.165, 1.54) is 80.2 Å². The number of hydrogen-bond donors (Lipinski definition) is 1. The molecule has 0 amide bonds. The van der Waals surface area contributed by atoms with Crippen molar-refractivity contribution < 1.29 is 9.47 Å². The molecule has 0 heterocycles. The average Bonchev–Trinajstić information content (AvgIpc) is 3.02. The number of ether oxygens (including phenoxy) is 2. The molecule has 0 unspecified atom stereocenters. The Morgan fingerprint density at radius 2 is 1.15 bits per heavy atom. The van der Waals surface area contributed by atoms with Gasteiger partial charge in [0.25, 0.3) is 0 Å². The second kappa shape index (κ2) is 20.6. The molecule has 4 heteroatoms. The smallest absolute Gasteiger partial charge is 0.123 e. The first kappa shape index (κ1) is 33.2. The molecule has 3 aromatic carbocycles. The zero-order valence-electron chi connectivity index (χ0n) is 25.3. The Labute approximate surface area is 259 Å². The molecule has 0 aliphatic heterocycles. The van der Waals surface area contributed by atoms with Crippen LogP contribution in [0, 0.1) is 0 Å². The lowest BCUT2D eigenvalue weighted by Crippen LogP contribution is -2.02. The third-order valence-electron chi connectivity index (χ3n) is 7.22. The summed E-state index contributed by atoms with van der Waals surface area (Å²) in [6.07, 6.45) is 15.1. The summed E-state index contributed by atoms with van der Waals surface area (Å²) in [6, 6.07) is 27.4. The van der Waals surface area contributed by atoms with E-state index in [9.17, 15) is 0 Å². The maximum Gasteiger partial charge on any atom is 0.123 e. The molecular weight excluding hydrogens is 541 g/mol. The SMILES string of the molecule is CCCCCCCCOc1ccc(OCCCCCCCC)c(CS/C(=C(/S)c2ccccc2)c2ccccc2)c1. The van der Waals surface area contributed by atoms with Crippen molar-refractivity contribution >= 4 is 34.2 Å². The van der Waals surface area contributed by atoms with Crippen LogP contribution >= 0.6 is 24.4 Å². The minimum Gasteiger partial charge on any atom is -0.494 e. The monoisotopic (exact) mass is 590 g/mol. The summed E-state index contributed by atoms with van der Waals surface area (Å²) in [7, 11) is 0. The van der Waals surface area contributed by atoms with Crippen LogP contribution in [0.1, 0.15) is 108 Å². The van der Waals surface area contributed by atoms with Crippen LogP contribution in [0.4, 0.5) is 0 Å². The third-order valence-corrected chi connectivity index (χ3v) is 9.04. The summed E-state index contributed by atoms with van der Waals surface area (Å²) in [4.78, 5) is 2.16. The zero-order chi connectivity index (χ0) is 29.0. The van der Waals surface area contributed by atoms with Gasteiger partial charge < -0.3 is 9.47 Å². The molecular formula is C37H50O2S2. The van der Waals surface area contributed by atoms with Crippen LogP contribution in [0.25, 0.3) is 9.81 Å². The number of unbranched alkanes of at least 4 members (excludes halogenated alkanes) is 10. The van der Waals surface area contributed by atoms with E-state index in [-0.39, 0.29) is 0 Å². The van der Waals surface area contributed by atoms with Crippen LogP contribution < -0.4 is 9.47 Å². The lowest BCUT2D eigenvalue weighted by atomic mass is 10.1. The molecule has 0 aromatic heterocycles. The second-order valence-corrected chi connectivity index (χ2v) is 12.1. The molecule has 2 nitrogen and oxygen atoms in total. The highest BCUT2D eigenvalue weighted by Gasteiger charge is 2.13. The molecule has 3 aromatic rings. The fraction of sp³-hybridized carbons (Fsp3) is 0.459. The van der Waals surface area contributed by atoms with E-state index in [1.807, 2.05) is 17.8 Å². The maximum atomic E-state index is 6.36. The summed E-state index contributed by atoms with van der Waals surface area (Å²) in [5, 5.41) is 0. The fourth-order valence-corrected chi connectivity index (χ4v) is 6.35. The van der Waals surface area contributed by atoms with Gasteiger partial charge in [0.1, 0.15) is 11.5 Å². The Morgan fingerprint density at radius 1 is 0.610 bits per heavy atom. The first-order valence-corrected chi connectivity index (χ1v) is 17.2. The predicted molar refractivity (Wildman–Crippen MR) is 184 cm³/mol. The van der Waals surface area contributed by atoms with Gasteiger partial charge in [-0.25, -0.2) is 0 Å². The second-order valence-electron chi connectivity index (χ2n) is 10.7. The van der Waals surface area contributed by atoms with E-state index in [4.69, 9.17) is 22.1 Å². The molecule has 0 bridgehead atoms. The van der Waals surface area contributed by atoms with E-state index in [1.54, 1.807) is 0 Å². The van der Waals surface area contributed by atoms with Crippen molar-refractivity contribution in [2.45, 2.75) is 96.7 Å². The lowest BCUT2D eigenvalue weighted by molar-refractivity contribution is 0.294. The molecule has 0 aliphatic rings. The van der Waals surface area contributed by atoms with Crippen LogP contribution in [0.3, 0.4) is 0 Å². The van der Waals surface area contributed by atoms with Gasteiger partial charge in [-0.1, -0.05) is 139 Å². The van der Waals surface area contributed by atoms with Crippen molar-refractivity contribution in [1.82, 2.24) is 0 Å². The van der Waals surface area contributed by atoms with E-state index < -0.39 is 0 Å². The number of thiol groups is 1. The lowest BCUT2D eigenvalue weighted by Gasteiger charge is -2.16. The van der Waals surface area contributed by atoms with E-state index >= 15 is 0 Å². The summed E-state index contributed by atoms with van der Waals surface area (Å²) >= 11 is 6.83. The van der Waals surface area contributed by atoms with Gasteiger partial charge in [-0.3, -0.25) is 0 Å². The summed E-state index contributed by atoms with van der Waals surface area (Å²) in [5.74, 6) is 2.67. The van der Waals surface area contributed by atoms with Gasteiger partial charge in [-0.15, -0.1) is 24.4 Å². The molecule has 0 aliphatic carbocycles. The molecule has 0 N–H and O–H groups in total. The van der Waals surface area contributed by atoms with Crippen molar-refractivity contribution in [2.75, 3.05) is 13.2 Å². The Hall–Kier alpha value is -2.30. The fourth-order valence-electron chi connectivity index (χ4n) is 4.79. The molecule has 0 atom stereocenters. The van der Waals surface area contributed by atoms with Gasteiger partial charge in [-0.2, -0.15) is 0 Å². The van der Waals surface area contributed by atoms with Crippen LogP contribution in [0.5, 0.6) is 11.5 Å². The van der Waals surface area contributed by atoms with Crippen molar-refractivity contribution in [3.8, 4) is 11.5 Å². The highest BCUT2D eigenvalue weighted by Crippen LogP contribution is 2.41. The van der Waals surface area contributed by atoms with Crippen molar-refractivity contribution in [3.05, 3.63) is 95.6 Å². The number of rotatable bonds is 21. The normalized spacial score (nSPS) is 11.8. The summed E-state index contributed by atoms with van der Waals surface area (Å²) < 4.78 is 12.6. The van der Waals surface area contributed by atoms with Gasteiger partial charge in [0.05, 0.1) is 13.2 Å². The van der Waals surface area contributed by atoms with Crippen molar-refractivity contribution in [1.29, 1.82) is 0 Å². The van der Waals surface area contributed by atoms with Gasteiger partial charge in [0.2, 0.25) is 0 Å². The molecule has 0 spiro atoms. The van der Waals surface area contributed by atoms with Crippen LogP contribution in [0.15, 0.2) is 78.9 Å². The quantitative estimate of drug-likeness (QED) is 0.0756. The summed E-state index contributed by atoms with van der Waals surface area (Å²) in [6.45, 7) is 6.04. The standard InChI is InChI=1S/C37H50O2S2/c1-3-5-7-9-11-19-27-38-34-25-26-35(39-28-20-12-10-8-6-4-2)33(29-34)30-41-37(32-23-17-14-18-24-32)36(40)31-21-15-13-16-22-31/h13-18,21-26,29,40H,3-12,19-20,27-28,30H2,1-2H3/b37-36+. The maximum absolute atomic E-state index is 6.36. The molecule has 0 radical (unpaired) electrons. The highest BCUT2D eigenvalue weighted by molar-refractivity contribution is 8.09. The van der Waals surface area contributed by atoms with Crippen LogP contribution in [0.2, 0.25) is 0 Å². The van der Waals surface area contributed by atoms with E-state index in [2.05, 4.69) is 86.6 Å². The Bertz CT molecular complexity index is 1130. The van der Waals surface area contributed by atoms with Crippen molar-refractivity contribution in [2.24, 2.45) is 0 Å². The zero-order valence-corrected chi connectivity index (χ0v) is 27.0. The Kier molecular flexibility index (Phi) is 16.6. The third kappa shape index (κ3) is 12.6. The molecule has 0 saturated heterocycles. The largest absolute Gasteiger partial charge is 0.494 e. The minimum atomic E-state index is 0.755. The average molecular weight is 591 g/mol. The molecule has 3 rings (SSSR count). The first-order chi connectivity index (χ1) is 20.2. The topological polar surface area (TPSA) is 18.5 Å². The first-order valence-electron chi connectivity index (χ1n) is 15.8. The number of benzene rings is 3. The van der Waals surface area contributed by atoms with Gasteiger partial charge in [-0.05, 0) is 42.2 Å². The molecule has 41 heavy (non-hydrogen) atoms. The van der Waals surface area contributed by atoms with Gasteiger partial charge >= 0.3 is 0 Å². The van der Waals surface area contributed by atoms with Gasteiger partial charge in [0, 0.05) is 21.1 Å².